The smallest absolute Gasteiger partial charge is 0.407 e. The number of benzene rings is 2. The molecule has 0 aliphatic carbocycles. The number of hydrogen-bond donors (Lipinski definition) is 1. The number of carbonyl (C=O) groups is 2. The summed E-state index contributed by atoms with van der Waals surface area (Å²) in [7, 11) is 0. The minimum Gasteiger partial charge on any atom is -0.445 e. The van der Waals surface area contributed by atoms with Crippen LogP contribution in [0.3, 0.4) is 0 Å². The van der Waals surface area contributed by atoms with Crippen LogP contribution in [0.5, 0.6) is 0 Å². The van der Waals surface area contributed by atoms with E-state index in [2.05, 4.69) is 17.2 Å². The Morgan fingerprint density at radius 1 is 1.21 bits per heavy atom. The number of rotatable bonds is 5. The average Bonchev–Trinajstić information content (AvgIpc) is 2.62. The van der Waals surface area contributed by atoms with E-state index in [1.807, 2.05) is 30.3 Å². The number of ether oxygens (including phenoxy) is 1. The van der Waals surface area contributed by atoms with Crippen molar-refractivity contribution in [2.45, 2.75) is 13.0 Å². The molecule has 0 aromatic heterocycles. The molecule has 1 amide bonds. The number of hydrogen-bond acceptors (Lipinski definition) is 3. The van der Waals surface area contributed by atoms with Gasteiger partial charge in [-0.15, -0.1) is 0 Å². The Bertz CT molecular complexity index is 763. The topological polar surface area (TPSA) is 55.4 Å². The number of alkyl carbamates (subject to hydrolysis) is 1. The van der Waals surface area contributed by atoms with Crippen LogP contribution >= 0.6 is 0 Å². The summed E-state index contributed by atoms with van der Waals surface area (Å²) in [5.41, 5.74) is 1.43. The van der Waals surface area contributed by atoms with Crippen molar-refractivity contribution in [1.29, 1.82) is 0 Å². The Balaban J connectivity index is 1.71. The van der Waals surface area contributed by atoms with E-state index >= 15 is 0 Å². The fourth-order valence-electron chi connectivity index (χ4n) is 1.88. The summed E-state index contributed by atoms with van der Waals surface area (Å²) in [6.07, 6.45) is 0.352. The van der Waals surface area contributed by atoms with Gasteiger partial charge in [-0.2, -0.15) is 0 Å². The molecule has 4 nitrogen and oxygen atoms in total. The highest BCUT2D eigenvalue weighted by atomic mass is 19.1. The van der Waals surface area contributed by atoms with Gasteiger partial charge >= 0.3 is 6.09 Å². The molecule has 0 bridgehead atoms. The number of carbonyl (C=O) groups excluding carboxylic acids is 2. The Kier molecular flexibility index (Phi) is 6.54. The number of halogens is 1. The van der Waals surface area contributed by atoms with Gasteiger partial charge in [-0.05, 0) is 23.8 Å². The SMILES string of the molecule is O=Cc1cc(C#CCCNC(=O)OCc2ccccc2)ccc1F. The highest BCUT2D eigenvalue weighted by Crippen LogP contribution is 2.07. The number of aldehydes is 1. The third-order valence-corrected chi connectivity index (χ3v) is 3.09. The molecule has 0 fully saturated rings. The van der Waals surface area contributed by atoms with Crippen molar-refractivity contribution in [1.82, 2.24) is 5.32 Å². The normalized spacial score (nSPS) is 9.54. The van der Waals surface area contributed by atoms with Crippen LogP contribution in [0.2, 0.25) is 0 Å². The van der Waals surface area contributed by atoms with Gasteiger partial charge in [0.05, 0.1) is 5.56 Å². The van der Waals surface area contributed by atoms with Crippen LogP contribution in [0.25, 0.3) is 0 Å². The Morgan fingerprint density at radius 3 is 2.75 bits per heavy atom. The van der Waals surface area contributed by atoms with Crippen LogP contribution in [0, 0.1) is 17.7 Å². The molecule has 2 rings (SSSR count). The summed E-state index contributed by atoms with van der Waals surface area (Å²) in [4.78, 5) is 22.2. The van der Waals surface area contributed by atoms with Gasteiger partial charge in [0.1, 0.15) is 12.4 Å². The molecule has 24 heavy (non-hydrogen) atoms. The number of amides is 1. The summed E-state index contributed by atoms with van der Waals surface area (Å²) in [6.45, 7) is 0.546. The highest BCUT2D eigenvalue weighted by Gasteiger charge is 2.01. The second kappa shape index (κ2) is 9.11. The van der Waals surface area contributed by atoms with E-state index in [1.165, 1.54) is 18.2 Å². The molecule has 0 unspecified atom stereocenters. The molecule has 2 aromatic carbocycles. The van der Waals surface area contributed by atoms with Crippen molar-refractivity contribution in [2.75, 3.05) is 6.54 Å². The average molecular weight is 325 g/mol. The third kappa shape index (κ3) is 5.58. The number of nitrogens with one attached hydrogen (secondary N) is 1. The van der Waals surface area contributed by atoms with E-state index in [-0.39, 0.29) is 12.2 Å². The fourth-order valence-corrected chi connectivity index (χ4v) is 1.88. The van der Waals surface area contributed by atoms with E-state index in [0.29, 0.717) is 24.8 Å². The van der Waals surface area contributed by atoms with Gasteiger partial charge in [-0.3, -0.25) is 4.79 Å². The maximum Gasteiger partial charge on any atom is 0.407 e. The molecule has 0 saturated carbocycles. The molecule has 0 aliphatic heterocycles. The predicted octanol–water partition coefficient (Wildman–Crippen LogP) is 3.31. The maximum atomic E-state index is 13.2. The molecule has 0 spiro atoms. The summed E-state index contributed by atoms with van der Waals surface area (Å²) in [6, 6.07) is 13.5. The molecular weight excluding hydrogens is 309 g/mol. The van der Waals surface area contributed by atoms with E-state index in [4.69, 9.17) is 4.74 Å². The Labute approximate surface area is 139 Å². The van der Waals surface area contributed by atoms with Gasteiger partial charge < -0.3 is 10.1 Å². The molecule has 122 valence electrons. The summed E-state index contributed by atoms with van der Waals surface area (Å²) in [5.74, 6) is 5.08. The zero-order valence-corrected chi connectivity index (χ0v) is 12.9. The lowest BCUT2D eigenvalue weighted by atomic mass is 10.1. The van der Waals surface area contributed by atoms with Gasteiger partial charge in [0.15, 0.2) is 6.29 Å². The molecule has 0 aliphatic rings. The predicted molar refractivity (Wildman–Crippen MR) is 87.9 cm³/mol. The van der Waals surface area contributed by atoms with Gasteiger partial charge in [-0.25, -0.2) is 9.18 Å². The lowest BCUT2D eigenvalue weighted by Crippen LogP contribution is -2.24. The summed E-state index contributed by atoms with van der Waals surface area (Å²) >= 11 is 0. The Morgan fingerprint density at radius 2 is 2.00 bits per heavy atom. The van der Waals surface area contributed by atoms with Crippen molar-refractivity contribution < 1.29 is 18.7 Å². The van der Waals surface area contributed by atoms with Crippen LogP contribution in [-0.2, 0) is 11.3 Å². The Hall–Kier alpha value is -3.13. The van der Waals surface area contributed by atoms with Crippen LogP contribution in [0.1, 0.15) is 27.9 Å². The van der Waals surface area contributed by atoms with Gasteiger partial charge in [-0.1, -0.05) is 42.2 Å². The molecule has 0 radical (unpaired) electrons. The van der Waals surface area contributed by atoms with E-state index in [0.717, 1.165) is 5.56 Å². The van der Waals surface area contributed by atoms with Gasteiger partial charge in [0.2, 0.25) is 0 Å². The van der Waals surface area contributed by atoms with Crippen LogP contribution < -0.4 is 5.32 Å². The lowest BCUT2D eigenvalue weighted by Gasteiger charge is -2.05. The first-order valence-electron chi connectivity index (χ1n) is 7.37. The molecule has 0 atom stereocenters. The third-order valence-electron chi connectivity index (χ3n) is 3.09. The maximum absolute atomic E-state index is 13.2. The standard InChI is InChI=1S/C19H16FNO3/c20-18-10-9-15(12-17(18)13-22)6-4-5-11-21-19(23)24-14-16-7-2-1-3-8-16/h1-3,7-10,12-13H,5,11,14H2,(H,21,23). The molecular formula is C19H16FNO3. The lowest BCUT2D eigenvalue weighted by molar-refractivity contribution is 0.111. The quantitative estimate of drug-likeness (QED) is 0.521. The molecule has 2 aromatic rings. The summed E-state index contributed by atoms with van der Waals surface area (Å²) < 4.78 is 18.2. The van der Waals surface area contributed by atoms with Crippen LogP contribution in [-0.4, -0.2) is 18.9 Å². The van der Waals surface area contributed by atoms with E-state index in [1.54, 1.807) is 0 Å². The summed E-state index contributed by atoms with van der Waals surface area (Å²) in [5, 5.41) is 2.59. The first kappa shape index (κ1) is 17.2. The second-order valence-electron chi connectivity index (χ2n) is 4.89. The minimum atomic E-state index is -0.571. The highest BCUT2D eigenvalue weighted by molar-refractivity contribution is 5.76. The zero-order valence-electron chi connectivity index (χ0n) is 12.9. The first-order valence-corrected chi connectivity index (χ1v) is 7.37. The van der Waals surface area contributed by atoms with Crippen molar-refractivity contribution >= 4 is 12.4 Å². The van der Waals surface area contributed by atoms with Gasteiger partial charge in [0, 0.05) is 18.5 Å². The van der Waals surface area contributed by atoms with Gasteiger partial charge in [0.25, 0.3) is 0 Å². The van der Waals surface area contributed by atoms with Crippen molar-refractivity contribution in [3.05, 3.63) is 71.0 Å². The van der Waals surface area contributed by atoms with E-state index in [9.17, 15) is 14.0 Å². The zero-order chi connectivity index (χ0) is 17.2. The monoisotopic (exact) mass is 325 g/mol. The largest absolute Gasteiger partial charge is 0.445 e. The molecule has 1 N–H and O–H groups in total. The van der Waals surface area contributed by atoms with E-state index < -0.39 is 11.9 Å². The molecule has 5 heteroatoms. The van der Waals surface area contributed by atoms with Crippen molar-refractivity contribution in [3.63, 3.8) is 0 Å². The fraction of sp³-hybridized carbons (Fsp3) is 0.158. The molecule has 0 heterocycles. The second-order valence-corrected chi connectivity index (χ2v) is 4.89. The van der Waals surface area contributed by atoms with Crippen molar-refractivity contribution in [3.8, 4) is 11.8 Å². The van der Waals surface area contributed by atoms with Crippen molar-refractivity contribution in [2.24, 2.45) is 0 Å². The molecule has 0 saturated heterocycles. The van der Waals surface area contributed by atoms with Crippen LogP contribution in [0.4, 0.5) is 9.18 Å². The first-order chi connectivity index (χ1) is 11.7. The minimum absolute atomic E-state index is 0.0237. The van der Waals surface area contributed by atoms with Crippen LogP contribution in [0.15, 0.2) is 48.5 Å².